The van der Waals surface area contributed by atoms with E-state index in [1.165, 1.54) is 6.20 Å². The van der Waals surface area contributed by atoms with Gasteiger partial charge in [-0.3, -0.25) is 4.79 Å². The summed E-state index contributed by atoms with van der Waals surface area (Å²) >= 11 is 1.06. The van der Waals surface area contributed by atoms with Crippen LogP contribution in [0.4, 0.5) is 0 Å². The van der Waals surface area contributed by atoms with Crippen molar-refractivity contribution in [1.82, 2.24) is 9.71 Å². The Bertz CT molecular complexity index is 510. The first kappa shape index (κ1) is 15.1. The standard InChI is InChI=1S/C10H16N2O4S2/c1-3-4-8(10(13)14)5-12-18(15,16)9-6-11-7(2)17-9/h6,8,12H,3-5H2,1-2H3,(H,13,14). The molecule has 0 spiro atoms. The largest absolute Gasteiger partial charge is 0.481 e. The Kier molecular flexibility index (Phi) is 5.24. The minimum Gasteiger partial charge on any atom is -0.481 e. The number of carbonyl (C=O) groups is 1. The molecule has 0 fully saturated rings. The van der Waals surface area contributed by atoms with Gasteiger partial charge in [0.25, 0.3) is 10.0 Å². The van der Waals surface area contributed by atoms with Crippen LogP contribution in [-0.4, -0.2) is 31.0 Å². The third-order valence-corrected chi connectivity index (χ3v) is 5.17. The van der Waals surface area contributed by atoms with E-state index >= 15 is 0 Å². The van der Waals surface area contributed by atoms with E-state index < -0.39 is 21.9 Å². The number of nitrogens with zero attached hydrogens (tertiary/aromatic N) is 1. The Morgan fingerprint density at radius 2 is 2.28 bits per heavy atom. The molecule has 6 nitrogen and oxygen atoms in total. The third-order valence-electron chi connectivity index (χ3n) is 2.37. The van der Waals surface area contributed by atoms with Crippen molar-refractivity contribution in [3.8, 4) is 0 Å². The van der Waals surface area contributed by atoms with Crippen molar-refractivity contribution in [3.63, 3.8) is 0 Å². The fourth-order valence-electron chi connectivity index (χ4n) is 1.41. The molecule has 102 valence electrons. The summed E-state index contributed by atoms with van der Waals surface area (Å²) in [6.07, 6.45) is 2.41. The van der Waals surface area contributed by atoms with Crippen molar-refractivity contribution in [2.24, 2.45) is 5.92 Å². The molecular formula is C10H16N2O4S2. The van der Waals surface area contributed by atoms with Gasteiger partial charge in [-0.05, 0) is 13.3 Å². The molecule has 8 heteroatoms. The summed E-state index contributed by atoms with van der Waals surface area (Å²) in [6.45, 7) is 3.47. The van der Waals surface area contributed by atoms with Gasteiger partial charge in [0, 0.05) is 6.54 Å². The smallest absolute Gasteiger partial charge is 0.307 e. The Labute approximate surface area is 110 Å². The summed E-state index contributed by atoms with van der Waals surface area (Å²) in [5.74, 6) is -1.68. The summed E-state index contributed by atoms with van der Waals surface area (Å²) in [5, 5.41) is 9.58. The van der Waals surface area contributed by atoms with Crippen molar-refractivity contribution >= 4 is 27.3 Å². The lowest BCUT2D eigenvalue weighted by molar-refractivity contribution is -0.141. The lowest BCUT2D eigenvalue weighted by Crippen LogP contribution is -2.32. The van der Waals surface area contributed by atoms with Crippen molar-refractivity contribution in [1.29, 1.82) is 0 Å². The quantitative estimate of drug-likeness (QED) is 0.788. The maximum absolute atomic E-state index is 11.8. The van der Waals surface area contributed by atoms with Crippen LogP contribution in [0, 0.1) is 12.8 Å². The minimum atomic E-state index is -3.64. The number of carboxylic acids is 1. The molecule has 2 N–H and O–H groups in total. The normalized spacial score (nSPS) is 13.4. The van der Waals surface area contributed by atoms with E-state index in [1.54, 1.807) is 6.92 Å². The first-order valence-electron chi connectivity index (χ1n) is 5.51. The van der Waals surface area contributed by atoms with Gasteiger partial charge in [-0.2, -0.15) is 0 Å². The number of aliphatic carboxylic acids is 1. The van der Waals surface area contributed by atoms with Crippen LogP contribution in [0.15, 0.2) is 10.4 Å². The highest BCUT2D eigenvalue weighted by Gasteiger charge is 2.22. The first-order valence-corrected chi connectivity index (χ1v) is 7.81. The highest BCUT2D eigenvalue weighted by atomic mass is 32.2. The highest BCUT2D eigenvalue weighted by Crippen LogP contribution is 2.18. The molecule has 0 bridgehead atoms. The molecule has 1 aromatic heterocycles. The third kappa shape index (κ3) is 4.04. The first-order chi connectivity index (χ1) is 8.36. The summed E-state index contributed by atoms with van der Waals surface area (Å²) in [5.41, 5.74) is 0. The fraction of sp³-hybridized carbons (Fsp3) is 0.600. The second-order valence-electron chi connectivity index (χ2n) is 3.87. The van der Waals surface area contributed by atoms with E-state index in [2.05, 4.69) is 9.71 Å². The van der Waals surface area contributed by atoms with E-state index in [4.69, 9.17) is 5.11 Å². The molecule has 0 aliphatic rings. The van der Waals surface area contributed by atoms with Gasteiger partial charge in [-0.1, -0.05) is 13.3 Å². The molecule has 0 radical (unpaired) electrons. The number of hydrogen-bond acceptors (Lipinski definition) is 5. The van der Waals surface area contributed by atoms with Crippen LogP contribution in [0.5, 0.6) is 0 Å². The topological polar surface area (TPSA) is 96.4 Å². The number of hydrogen-bond donors (Lipinski definition) is 2. The molecule has 0 aliphatic heterocycles. The molecule has 0 aliphatic carbocycles. The number of nitrogens with one attached hydrogen (secondary N) is 1. The molecule has 1 atom stereocenters. The number of thiazole rings is 1. The average molecular weight is 292 g/mol. The van der Waals surface area contributed by atoms with Crippen LogP contribution >= 0.6 is 11.3 Å². The molecule has 1 heterocycles. The van der Waals surface area contributed by atoms with E-state index in [1.807, 2.05) is 6.92 Å². The summed E-state index contributed by atoms with van der Waals surface area (Å²) in [4.78, 5) is 14.8. The van der Waals surface area contributed by atoms with Crippen LogP contribution in [-0.2, 0) is 14.8 Å². The SMILES string of the molecule is CCCC(CNS(=O)(=O)c1cnc(C)s1)C(=O)O. The zero-order valence-electron chi connectivity index (χ0n) is 10.2. The zero-order valence-corrected chi connectivity index (χ0v) is 11.8. The number of sulfonamides is 1. The number of aromatic nitrogens is 1. The van der Waals surface area contributed by atoms with Crippen LogP contribution in [0.1, 0.15) is 24.8 Å². The van der Waals surface area contributed by atoms with Gasteiger partial charge >= 0.3 is 5.97 Å². The molecule has 1 rings (SSSR count). The maximum atomic E-state index is 11.8. The van der Waals surface area contributed by atoms with E-state index in [0.29, 0.717) is 17.8 Å². The van der Waals surface area contributed by atoms with Gasteiger partial charge in [0.1, 0.15) is 0 Å². The van der Waals surface area contributed by atoms with Gasteiger partial charge in [0.2, 0.25) is 0 Å². The van der Waals surface area contributed by atoms with Crippen molar-refractivity contribution in [2.75, 3.05) is 6.54 Å². The minimum absolute atomic E-state index is 0.0948. The summed E-state index contributed by atoms with van der Waals surface area (Å²) in [6, 6.07) is 0. The molecule has 0 aromatic carbocycles. The van der Waals surface area contributed by atoms with E-state index in [0.717, 1.165) is 11.3 Å². The van der Waals surface area contributed by atoms with Gasteiger partial charge in [0.05, 0.1) is 17.1 Å². The van der Waals surface area contributed by atoms with Crippen LogP contribution in [0.3, 0.4) is 0 Å². The Balaban J connectivity index is 2.69. The lowest BCUT2D eigenvalue weighted by Gasteiger charge is -2.11. The second-order valence-corrected chi connectivity index (χ2v) is 7.10. The average Bonchev–Trinajstić information content (AvgIpc) is 2.71. The van der Waals surface area contributed by atoms with Gasteiger partial charge in [0.15, 0.2) is 4.21 Å². The fourth-order valence-corrected chi connectivity index (χ4v) is 3.64. The number of carboxylic acid groups (broad SMARTS) is 1. The van der Waals surface area contributed by atoms with Crippen molar-refractivity contribution < 1.29 is 18.3 Å². The molecular weight excluding hydrogens is 276 g/mol. The molecule has 1 aromatic rings. The molecule has 0 amide bonds. The highest BCUT2D eigenvalue weighted by molar-refractivity contribution is 7.91. The summed E-state index contributed by atoms with van der Waals surface area (Å²) < 4.78 is 26.1. The monoisotopic (exact) mass is 292 g/mol. The van der Waals surface area contributed by atoms with E-state index in [9.17, 15) is 13.2 Å². The lowest BCUT2D eigenvalue weighted by atomic mass is 10.1. The predicted octanol–water partition coefficient (Wildman–Crippen LogP) is 1.23. The number of rotatable bonds is 7. The van der Waals surface area contributed by atoms with Crippen LogP contribution < -0.4 is 4.72 Å². The maximum Gasteiger partial charge on any atom is 0.307 e. The van der Waals surface area contributed by atoms with Crippen molar-refractivity contribution in [3.05, 3.63) is 11.2 Å². The van der Waals surface area contributed by atoms with Gasteiger partial charge in [-0.25, -0.2) is 18.1 Å². The van der Waals surface area contributed by atoms with Crippen LogP contribution in [0.2, 0.25) is 0 Å². The Morgan fingerprint density at radius 3 is 2.72 bits per heavy atom. The molecule has 0 saturated carbocycles. The van der Waals surface area contributed by atoms with Gasteiger partial charge < -0.3 is 5.11 Å². The molecule has 18 heavy (non-hydrogen) atoms. The molecule has 1 unspecified atom stereocenters. The van der Waals surface area contributed by atoms with Crippen LogP contribution in [0.25, 0.3) is 0 Å². The van der Waals surface area contributed by atoms with Crippen molar-refractivity contribution in [2.45, 2.75) is 30.9 Å². The zero-order chi connectivity index (χ0) is 13.8. The summed E-state index contributed by atoms with van der Waals surface area (Å²) in [7, 11) is -3.64. The van der Waals surface area contributed by atoms with Gasteiger partial charge in [-0.15, -0.1) is 11.3 Å². The Morgan fingerprint density at radius 1 is 1.61 bits per heavy atom. The predicted molar refractivity (Wildman–Crippen MR) is 68.1 cm³/mol. The second kappa shape index (κ2) is 6.26. The molecule has 0 saturated heterocycles. The van der Waals surface area contributed by atoms with E-state index in [-0.39, 0.29) is 10.8 Å². The Hall–Kier alpha value is -0.990. The number of aryl methyl sites for hydroxylation is 1.